The number of hydrogen-bond donors (Lipinski definition) is 2. The topological polar surface area (TPSA) is 55.5 Å². The van der Waals surface area contributed by atoms with E-state index in [1.807, 2.05) is 0 Å². The standard InChI is InChI=1S/C11H14F3NO2/c1-17-8-4-2-7(3-5-8)9(16)6-10(15)11(12,13)14/h2-5,9-10,16H,6,15H2,1H3/t9-,10+/m1/s1. The molecule has 0 aliphatic heterocycles. The lowest BCUT2D eigenvalue weighted by atomic mass is 10.0. The third-order valence-electron chi connectivity index (χ3n) is 2.40. The summed E-state index contributed by atoms with van der Waals surface area (Å²) in [4.78, 5) is 0. The second-order valence-electron chi connectivity index (χ2n) is 3.67. The van der Waals surface area contributed by atoms with E-state index in [-0.39, 0.29) is 0 Å². The van der Waals surface area contributed by atoms with Gasteiger partial charge in [0.05, 0.1) is 13.2 Å². The van der Waals surface area contributed by atoms with Gasteiger partial charge >= 0.3 is 6.18 Å². The maximum atomic E-state index is 12.2. The average Bonchev–Trinajstić information content (AvgIpc) is 2.27. The zero-order valence-electron chi connectivity index (χ0n) is 9.24. The highest BCUT2D eigenvalue weighted by atomic mass is 19.4. The Hall–Kier alpha value is -1.27. The summed E-state index contributed by atoms with van der Waals surface area (Å²) in [6, 6.07) is 4.12. The van der Waals surface area contributed by atoms with Crippen LogP contribution in [0.5, 0.6) is 5.75 Å². The van der Waals surface area contributed by atoms with Crippen LogP contribution in [-0.2, 0) is 0 Å². The van der Waals surface area contributed by atoms with Crippen molar-refractivity contribution in [2.24, 2.45) is 5.73 Å². The summed E-state index contributed by atoms with van der Waals surface area (Å²) in [5.41, 5.74) is 5.32. The predicted molar refractivity (Wildman–Crippen MR) is 56.6 cm³/mol. The zero-order chi connectivity index (χ0) is 13.1. The van der Waals surface area contributed by atoms with E-state index in [2.05, 4.69) is 0 Å². The van der Waals surface area contributed by atoms with E-state index in [0.717, 1.165) is 0 Å². The Morgan fingerprint density at radius 3 is 2.24 bits per heavy atom. The number of ether oxygens (including phenoxy) is 1. The first-order valence-corrected chi connectivity index (χ1v) is 4.99. The number of hydrogen-bond acceptors (Lipinski definition) is 3. The molecule has 0 heterocycles. The van der Waals surface area contributed by atoms with E-state index in [9.17, 15) is 18.3 Å². The van der Waals surface area contributed by atoms with Crippen LogP contribution in [-0.4, -0.2) is 24.4 Å². The van der Waals surface area contributed by atoms with E-state index in [0.29, 0.717) is 11.3 Å². The molecule has 1 aromatic rings. The van der Waals surface area contributed by atoms with Gasteiger partial charge in [-0.3, -0.25) is 0 Å². The van der Waals surface area contributed by atoms with E-state index < -0.39 is 24.7 Å². The Kier molecular flexibility index (Phi) is 4.36. The van der Waals surface area contributed by atoms with Gasteiger partial charge in [0.2, 0.25) is 0 Å². The van der Waals surface area contributed by atoms with Gasteiger partial charge in [-0.1, -0.05) is 12.1 Å². The molecule has 3 nitrogen and oxygen atoms in total. The van der Waals surface area contributed by atoms with Crippen molar-refractivity contribution in [3.8, 4) is 5.75 Å². The smallest absolute Gasteiger partial charge is 0.403 e. The summed E-state index contributed by atoms with van der Waals surface area (Å²) >= 11 is 0. The molecule has 0 unspecified atom stereocenters. The van der Waals surface area contributed by atoms with Crippen molar-refractivity contribution in [1.82, 2.24) is 0 Å². The van der Waals surface area contributed by atoms with Crippen LogP contribution in [0.1, 0.15) is 18.1 Å². The Balaban J connectivity index is 2.66. The van der Waals surface area contributed by atoms with Crippen molar-refractivity contribution in [2.45, 2.75) is 24.7 Å². The molecule has 0 spiro atoms. The minimum atomic E-state index is -4.49. The highest BCUT2D eigenvalue weighted by Gasteiger charge is 2.37. The highest BCUT2D eigenvalue weighted by Crippen LogP contribution is 2.27. The molecule has 0 fully saturated rings. The van der Waals surface area contributed by atoms with Crippen LogP contribution in [0.15, 0.2) is 24.3 Å². The van der Waals surface area contributed by atoms with Gasteiger partial charge in [-0.15, -0.1) is 0 Å². The number of alkyl halides is 3. The maximum absolute atomic E-state index is 12.2. The molecule has 0 aromatic heterocycles. The van der Waals surface area contributed by atoms with Crippen molar-refractivity contribution in [1.29, 1.82) is 0 Å². The third-order valence-corrected chi connectivity index (χ3v) is 2.40. The lowest BCUT2D eigenvalue weighted by Crippen LogP contribution is -2.38. The molecule has 0 amide bonds. The molecule has 0 bridgehead atoms. The van der Waals surface area contributed by atoms with Crippen molar-refractivity contribution < 1.29 is 23.0 Å². The molecule has 0 aliphatic rings. The average molecular weight is 249 g/mol. The van der Waals surface area contributed by atoms with Crippen molar-refractivity contribution in [2.75, 3.05) is 7.11 Å². The molecule has 96 valence electrons. The minimum Gasteiger partial charge on any atom is -0.497 e. The first-order chi connectivity index (χ1) is 7.84. The van der Waals surface area contributed by atoms with E-state index in [1.54, 1.807) is 12.1 Å². The fourth-order valence-corrected chi connectivity index (χ4v) is 1.34. The summed E-state index contributed by atoms with van der Waals surface area (Å²) < 4.78 is 41.5. The van der Waals surface area contributed by atoms with E-state index >= 15 is 0 Å². The maximum Gasteiger partial charge on any atom is 0.403 e. The highest BCUT2D eigenvalue weighted by molar-refractivity contribution is 5.28. The van der Waals surface area contributed by atoms with Crippen LogP contribution >= 0.6 is 0 Å². The Morgan fingerprint density at radius 1 is 1.29 bits per heavy atom. The molecular formula is C11H14F3NO2. The second-order valence-corrected chi connectivity index (χ2v) is 3.67. The van der Waals surface area contributed by atoms with Crippen LogP contribution < -0.4 is 10.5 Å². The monoisotopic (exact) mass is 249 g/mol. The summed E-state index contributed by atoms with van der Waals surface area (Å²) in [7, 11) is 1.48. The fraction of sp³-hybridized carbons (Fsp3) is 0.455. The molecule has 3 N–H and O–H groups in total. The molecule has 0 radical (unpaired) electrons. The van der Waals surface area contributed by atoms with Crippen LogP contribution in [0.4, 0.5) is 13.2 Å². The number of methoxy groups -OCH3 is 1. The molecule has 1 rings (SSSR count). The molecule has 0 aliphatic carbocycles. The summed E-state index contributed by atoms with van der Waals surface area (Å²) in [6.07, 6.45) is -6.29. The van der Waals surface area contributed by atoms with Crippen LogP contribution in [0, 0.1) is 0 Å². The van der Waals surface area contributed by atoms with Gasteiger partial charge in [0, 0.05) is 6.42 Å². The zero-order valence-corrected chi connectivity index (χ0v) is 9.24. The Labute approximate surface area is 97.0 Å². The van der Waals surface area contributed by atoms with Gasteiger partial charge in [0.25, 0.3) is 0 Å². The molecule has 17 heavy (non-hydrogen) atoms. The lowest BCUT2D eigenvalue weighted by Gasteiger charge is -2.19. The number of aliphatic hydroxyl groups excluding tert-OH is 1. The molecule has 0 saturated heterocycles. The fourth-order valence-electron chi connectivity index (χ4n) is 1.34. The Bertz CT molecular complexity index is 351. The number of nitrogens with two attached hydrogens (primary N) is 1. The number of halogens is 3. The largest absolute Gasteiger partial charge is 0.497 e. The normalized spacial score (nSPS) is 15.4. The third kappa shape index (κ3) is 3.90. The second kappa shape index (κ2) is 5.37. The molecule has 0 saturated carbocycles. The summed E-state index contributed by atoms with van der Waals surface area (Å²) in [5, 5.41) is 9.60. The van der Waals surface area contributed by atoms with Gasteiger partial charge in [-0.2, -0.15) is 13.2 Å². The SMILES string of the molecule is COc1ccc([C@H](O)C[C@H](N)C(F)(F)F)cc1. The summed E-state index contributed by atoms with van der Waals surface area (Å²) in [5.74, 6) is 0.570. The Morgan fingerprint density at radius 2 is 1.82 bits per heavy atom. The predicted octanol–water partition coefficient (Wildman–Crippen LogP) is 2.01. The first kappa shape index (κ1) is 13.8. The molecule has 1 aromatic carbocycles. The molecule has 2 atom stereocenters. The van der Waals surface area contributed by atoms with Gasteiger partial charge in [0.15, 0.2) is 0 Å². The van der Waals surface area contributed by atoms with Gasteiger partial charge in [-0.05, 0) is 17.7 Å². The van der Waals surface area contributed by atoms with Gasteiger partial charge in [-0.25, -0.2) is 0 Å². The van der Waals surface area contributed by atoms with Crippen LogP contribution in [0.25, 0.3) is 0 Å². The number of benzene rings is 1. The first-order valence-electron chi connectivity index (χ1n) is 4.99. The molecular weight excluding hydrogens is 235 g/mol. The van der Waals surface area contributed by atoms with E-state index in [4.69, 9.17) is 10.5 Å². The minimum absolute atomic E-state index is 0.380. The van der Waals surface area contributed by atoms with Crippen LogP contribution in [0.3, 0.4) is 0 Å². The van der Waals surface area contributed by atoms with Gasteiger partial charge in [0.1, 0.15) is 11.8 Å². The van der Waals surface area contributed by atoms with Crippen molar-refractivity contribution in [3.63, 3.8) is 0 Å². The van der Waals surface area contributed by atoms with Crippen molar-refractivity contribution in [3.05, 3.63) is 29.8 Å². The lowest BCUT2D eigenvalue weighted by molar-refractivity contribution is -0.153. The van der Waals surface area contributed by atoms with Crippen LogP contribution in [0.2, 0.25) is 0 Å². The molecule has 6 heteroatoms. The van der Waals surface area contributed by atoms with Gasteiger partial charge < -0.3 is 15.6 Å². The number of rotatable bonds is 4. The number of aliphatic hydroxyl groups is 1. The summed E-state index contributed by atoms with van der Waals surface area (Å²) in [6.45, 7) is 0. The van der Waals surface area contributed by atoms with Crippen molar-refractivity contribution >= 4 is 0 Å². The van der Waals surface area contributed by atoms with E-state index in [1.165, 1.54) is 19.2 Å². The quantitative estimate of drug-likeness (QED) is 0.858.